The van der Waals surface area contributed by atoms with Gasteiger partial charge in [-0.2, -0.15) is 0 Å². The minimum atomic E-state index is -0.302. The molecule has 0 aromatic heterocycles. The molecular weight excluding hydrogens is 692 g/mol. The van der Waals surface area contributed by atoms with Crippen LogP contribution in [0, 0.1) is 17.8 Å². The molecule has 1 aliphatic heterocycles. The molecule has 0 spiro atoms. The van der Waals surface area contributed by atoms with E-state index in [0.29, 0.717) is 63.9 Å². The van der Waals surface area contributed by atoms with Crippen molar-refractivity contribution in [1.29, 1.82) is 0 Å². The third-order valence-electron chi connectivity index (χ3n) is 11.2. The van der Waals surface area contributed by atoms with Gasteiger partial charge in [0, 0.05) is 45.3 Å². The fourth-order valence-electron chi connectivity index (χ4n) is 7.40. The molecule has 1 heterocycles. The van der Waals surface area contributed by atoms with Gasteiger partial charge in [-0.05, 0) is 111 Å². The normalized spacial score (nSPS) is 27.6. The van der Waals surface area contributed by atoms with E-state index in [1.807, 2.05) is 34.6 Å². The molecule has 2 saturated carbocycles. The van der Waals surface area contributed by atoms with E-state index in [0.717, 1.165) is 70.4 Å². The summed E-state index contributed by atoms with van der Waals surface area (Å²) in [5.41, 5.74) is 0. The second-order valence-electron chi connectivity index (χ2n) is 16.8. The van der Waals surface area contributed by atoms with Gasteiger partial charge in [-0.25, -0.2) is 4.79 Å². The van der Waals surface area contributed by atoms with Gasteiger partial charge in [0.05, 0.1) is 63.6 Å². The first-order chi connectivity index (χ1) is 25.9. The highest BCUT2D eigenvalue weighted by Gasteiger charge is 2.33. The molecule has 1 saturated heterocycles. The zero-order valence-electron chi connectivity index (χ0n) is 35.2. The predicted molar refractivity (Wildman–Crippen MR) is 210 cm³/mol. The summed E-state index contributed by atoms with van der Waals surface area (Å²) in [6.45, 7) is 19.3. The van der Waals surface area contributed by atoms with Gasteiger partial charge in [0.1, 0.15) is 12.7 Å². The Hall–Kier alpha value is -1.54. The zero-order valence-corrected chi connectivity index (χ0v) is 35.2. The summed E-state index contributed by atoms with van der Waals surface area (Å²) in [6.07, 6.45) is 11.9. The molecule has 8 atom stereocenters. The minimum Gasteiger partial charge on any atom is -0.463 e. The van der Waals surface area contributed by atoms with Crippen molar-refractivity contribution in [3.63, 3.8) is 0 Å². The summed E-state index contributed by atoms with van der Waals surface area (Å²) in [5.74, 6) is 1.71. The van der Waals surface area contributed by atoms with Gasteiger partial charge in [0.2, 0.25) is 0 Å². The molecule has 3 fully saturated rings. The van der Waals surface area contributed by atoms with Gasteiger partial charge in [-0.15, -0.1) is 0 Å². The second kappa shape index (κ2) is 26.4. The molecule has 0 radical (unpaired) electrons. The highest BCUT2D eigenvalue weighted by Crippen LogP contribution is 2.38. The van der Waals surface area contributed by atoms with Crippen LogP contribution in [0.2, 0.25) is 0 Å². The summed E-state index contributed by atoms with van der Waals surface area (Å²) in [6, 6.07) is 0.754. The van der Waals surface area contributed by atoms with E-state index in [2.05, 4.69) is 24.1 Å². The van der Waals surface area contributed by atoms with Crippen molar-refractivity contribution < 1.29 is 47.5 Å². The molecule has 3 unspecified atom stereocenters. The van der Waals surface area contributed by atoms with Crippen LogP contribution < -0.4 is 5.32 Å². The smallest absolute Gasteiger partial charge is 0.407 e. The van der Waals surface area contributed by atoms with E-state index in [9.17, 15) is 9.59 Å². The van der Waals surface area contributed by atoms with E-state index in [-0.39, 0.29) is 61.3 Å². The topological polar surface area (TPSA) is 123 Å². The number of alkyl carbamates (subject to hydrolysis) is 1. The number of ether oxygens (including phenoxy) is 8. The van der Waals surface area contributed by atoms with Crippen LogP contribution in [0.25, 0.3) is 0 Å². The van der Waals surface area contributed by atoms with Gasteiger partial charge >= 0.3 is 12.1 Å². The largest absolute Gasteiger partial charge is 0.463 e. The number of hydrogen-bond acceptors (Lipinski definition) is 11. The van der Waals surface area contributed by atoms with Gasteiger partial charge in [0.15, 0.2) is 0 Å². The van der Waals surface area contributed by atoms with Crippen LogP contribution in [0.4, 0.5) is 4.79 Å². The first kappa shape index (κ1) is 46.8. The number of hydrogen-bond donors (Lipinski definition) is 1. The molecule has 2 aliphatic carbocycles. The fourth-order valence-corrected chi connectivity index (χ4v) is 7.40. The average Bonchev–Trinajstić information content (AvgIpc) is 3.86. The predicted octanol–water partition coefficient (Wildman–Crippen LogP) is 6.95. The van der Waals surface area contributed by atoms with Crippen molar-refractivity contribution >= 4 is 12.1 Å². The van der Waals surface area contributed by atoms with Crippen LogP contribution in [0.1, 0.15) is 126 Å². The van der Waals surface area contributed by atoms with Crippen LogP contribution >= 0.6 is 0 Å². The number of carbonyl (C=O) groups excluding carboxylic acids is 2. The SMILES string of the molecule is CCCCOCC(CN1CC1C)OC(=O)N[C@H]1CC[C@@H](CC2CCC(CC(=O)OC[C@H](C)OC[C@@H](C)OC[C@H](C)OC[C@@H](C)OC[C@H](C)OC)CC2)CC1. The van der Waals surface area contributed by atoms with Crippen molar-refractivity contribution in [3.05, 3.63) is 0 Å². The highest BCUT2D eigenvalue weighted by molar-refractivity contribution is 5.69. The lowest BCUT2D eigenvalue weighted by molar-refractivity contribution is -0.150. The van der Waals surface area contributed by atoms with Crippen molar-refractivity contribution in [2.45, 2.75) is 174 Å². The molecule has 3 aliphatic rings. The number of nitrogens with one attached hydrogen (secondary N) is 1. The molecule has 0 aromatic carbocycles. The third-order valence-corrected chi connectivity index (χ3v) is 11.2. The summed E-state index contributed by atoms with van der Waals surface area (Å²) in [5, 5.41) is 3.15. The van der Waals surface area contributed by atoms with E-state index in [1.54, 1.807) is 7.11 Å². The maximum atomic E-state index is 12.8. The number of carbonyl (C=O) groups is 2. The Kier molecular flexibility index (Phi) is 22.9. The van der Waals surface area contributed by atoms with E-state index in [4.69, 9.17) is 37.9 Å². The molecule has 54 heavy (non-hydrogen) atoms. The maximum Gasteiger partial charge on any atom is 0.407 e. The van der Waals surface area contributed by atoms with E-state index < -0.39 is 0 Å². The van der Waals surface area contributed by atoms with Crippen LogP contribution in [0.5, 0.6) is 0 Å². The minimum absolute atomic E-state index is 0.0190. The fraction of sp³-hybridized carbons (Fsp3) is 0.952. The lowest BCUT2D eigenvalue weighted by atomic mass is 9.74. The molecular formula is C42H78N2O10. The highest BCUT2D eigenvalue weighted by atomic mass is 16.6. The number of unbranched alkanes of at least 4 members (excludes halogenated alkanes) is 1. The number of rotatable bonds is 28. The lowest BCUT2D eigenvalue weighted by Gasteiger charge is -2.34. The van der Waals surface area contributed by atoms with Crippen molar-refractivity contribution in [1.82, 2.24) is 10.2 Å². The Morgan fingerprint density at radius 3 is 1.72 bits per heavy atom. The molecule has 3 rings (SSSR count). The second-order valence-corrected chi connectivity index (χ2v) is 16.8. The Labute approximate surface area is 327 Å². The van der Waals surface area contributed by atoms with Crippen molar-refractivity contribution in [2.24, 2.45) is 17.8 Å². The number of amides is 1. The molecule has 1 amide bonds. The quantitative estimate of drug-likeness (QED) is 0.0506. The lowest BCUT2D eigenvalue weighted by Crippen LogP contribution is -2.42. The Morgan fingerprint density at radius 1 is 0.704 bits per heavy atom. The standard InChI is InChI=1S/C42H78N2O10/c1-9-10-19-48-29-40(23-44-22-30(44)2)54-42(46)43-39-17-15-37(16-18-39)20-36-11-13-38(14-12-36)21-41(45)53-28-35(7)52-27-34(6)51-26-33(5)50-25-32(4)49-24-31(3)47-8/h30-40H,9-29H2,1-8H3,(H,43,46)/t30?,31-,32+,33-,34+,35-,36?,37-,38?,39+,40?,44?/m0/s1. The van der Waals surface area contributed by atoms with Gasteiger partial charge in [0.25, 0.3) is 0 Å². The summed E-state index contributed by atoms with van der Waals surface area (Å²) >= 11 is 0. The van der Waals surface area contributed by atoms with Crippen molar-refractivity contribution in [2.75, 3.05) is 66.4 Å². The van der Waals surface area contributed by atoms with Crippen molar-refractivity contribution in [3.8, 4) is 0 Å². The first-order valence-corrected chi connectivity index (χ1v) is 21.4. The summed E-state index contributed by atoms with van der Waals surface area (Å²) in [7, 11) is 1.67. The van der Waals surface area contributed by atoms with Crippen LogP contribution in [-0.2, 0) is 42.7 Å². The molecule has 316 valence electrons. The van der Waals surface area contributed by atoms with Crippen LogP contribution in [0.3, 0.4) is 0 Å². The van der Waals surface area contributed by atoms with Crippen LogP contribution in [-0.4, -0.2) is 132 Å². The van der Waals surface area contributed by atoms with Gasteiger partial charge < -0.3 is 43.2 Å². The number of esters is 1. The average molecular weight is 771 g/mol. The summed E-state index contributed by atoms with van der Waals surface area (Å²) in [4.78, 5) is 27.7. The van der Waals surface area contributed by atoms with Gasteiger partial charge in [-0.3, -0.25) is 9.69 Å². The Bertz CT molecular complexity index is 1010. The van der Waals surface area contributed by atoms with Gasteiger partial charge in [-0.1, -0.05) is 26.2 Å². The third kappa shape index (κ3) is 20.6. The molecule has 12 heteroatoms. The molecule has 0 bridgehead atoms. The monoisotopic (exact) mass is 771 g/mol. The first-order valence-electron chi connectivity index (χ1n) is 21.4. The Morgan fingerprint density at radius 2 is 1.20 bits per heavy atom. The van der Waals surface area contributed by atoms with E-state index >= 15 is 0 Å². The maximum absolute atomic E-state index is 12.8. The van der Waals surface area contributed by atoms with E-state index in [1.165, 1.54) is 19.3 Å². The Balaban J connectivity index is 1.19. The zero-order chi connectivity index (χ0) is 39.3. The molecule has 0 aromatic rings. The molecule has 1 N–H and O–H groups in total. The van der Waals surface area contributed by atoms with Crippen LogP contribution in [0.15, 0.2) is 0 Å². The summed E-state index contributed by atoms with van der Waals surface area (Å²) < 4.78 is 45.8. The molecule has 12 nitrogen and oxygen atoms in total. The number of methoxy groups -OCH3 is 1. The number of nitrogens with zero attached hydrogens (tertiary/aromatic N) is 1.